The van der Waals surface area contributed by atoms with Crippen LogP contribution in [0.3, 0.4) is 0 Å². The molecule has 1 aliphatic heterocycles. The monoisotopic (exact) mass is 299 g/mol. The van der Waals surface area contributed by atoms with Gasteiger partial charge in [0.05, 0.1) is 13.2 Å². The molecule has 0 radical (unpaired) electrons. The van der Waals surface area contributed by atoms with Crippen LogP contribution in [0.25, 0.3) is 0 Å². The standard InChI is InChI=1S/C16H17N3O3/c20-16(19-13-2-6-17-7-3-13)12-1-8-18-15(11-12)22-14-4-9-21-10-5-14/h1-3,6-8,11,14H,4-5,9-10H2,(H,17,19,20). The van der Waals surface area contributed by atoms with E-state index in [9.17, 15) is 4.79 Å². The predicted octanol–water partition coefficient (Wildman–Crippen LogP) is 2.29. The summed E-state index contributed by atoms with van der Waals surface area (Å²) in [5.74, 6) is 0.264. The molecule has 2 aromatic heterocycles. The second kappa shape index (κ2) is 7.00. The molecule has 1 fully saturated rings. The molecule has 22 heavy (non-hydrogen) atoms. The highest BCUT2D eigenvalue weighted by molar-refractivity contribution is 6.04. The van der Waals surface area contributed by atoms with Gasteiger partial charge in [-0.1, -0.05) is 0 Å². The fraction of sp³-hybridized carbons (Fsp3) is 0.312. The number of carbonyl (C=O) groups excluding carboxylic acids is 1. The summed E-state index contributed by atoms with van der Waals surface area (Å²) in [7, 11) is 0. The first-order valence-corrected chi connectivity index (χ1v) is 7.23. The molecular weight excluding hydrogens is 282 g/mol. The molecule has 0 aromatic carbocycles. The maximum Gasteiger partial charge on any atom is 0.255 e. The summed E-state index contributed by atoms with van der Waals surface area (Å²) in [5.41, 5.74) is 1.21. The third-order valence-corrected chi connectivity index (χ3v) is 3.39. The Morgan fingerprint density at radius 1 is 1.18 bits per heavy atom. The number of anilines is 1. The topological polar surface area (TPSA) is 73.3 Å². The number of nitrogens with one attached hydrogen (secondary N) is 1. The van der Waals surface area contributed by atoms with Gasteiger partial charge in [-0.25, -0.2) is 4.98 Å². The molecule has 1 aliphatic rings. The van der Waals surface area contributed by atoms with Gasteiger partial charge in [-0.2, -0.15) is 0 Å². The second-order valence-corrected chi connectivity index (χ2v) is 5.00. The zero-order valence-corrected chi connectivity index (χ0v) is 12.1. The van der Waals surface area contributed by atoms with E-state index in [1.54, 1.807) is 42.9 Å². The number of nitrogens with zero attached hydrogens (tertiary/aromatic N) is 2. The molecule has 0 bridgehead atoms. The van der Waals surface area contributed by atoms with E-state index in [4.69, 9.17) is 9.47 Å². The lowest BCUT2D eigenvalue weighted by Crippen LogP contribution is -2.26. The molecular formula is C16H17N3O3. The van der Waals surface area contributed by atoms with Crippen molar-refractivity contribution >= 4 is 11.6 Å². The van der Waals surface area contributed by atoms with Crippen molar-refractivity contribution in [3.63, 3.8) is 0 Å². The van der Waals surface area contributed by atoms with E-state index in [0.717, 1.165) is 12.8 Å². The van der Waals surface area contributed by atoms with Crippen LogP contribution >= 0.6 is 0 Å². The summed E-state index contributed by atoms with van der Waals surface area (Å²) in [5, 5.41) is 2.81. The first kappa shape index (κ1) is 14.5. The van der Waals surface area contributed by atoms with Gasteiger partial charge in [0, 0.05) is 48.7 Å². The molecule has 1 saturated heterocycles. The first-order chi connectivity index (χ1) is 10.8. The van der Waals surface area contributed by atoms with Gasteiger partial charge in [0.1, 0.15) is 6.10 Å². The van der Waals surface area contributed by atoms with Crippen molar-refractivity contribution in [1.82, 2.24) is 9.97 Å². The van der Waals surface area contributed by atoms with Crippen LogP contribution in [0.15, 0.2) is 42.9 Å². The number of rotatable bonds is 4. The van der Waals surface area contributed by atoms with Crippen molar-refractivity contribution in [1.29, 1.82) is 0 Å². The van der Waals surface area contributed by atoms with E-state index < -0.39 is 0 Å². The van der Waals surface area contributed by atoms with Gasteiger partial charge in [-0.3, -0.25) is 9.78 Å². The lowest BCUT2D eigenvalue weighted by Gasteiger charge is -2.22. The number of aromatic nitrogens is 2. The number of amides is 1. The van der Waals surface area contributed by atoms with Gasteiger partial charge < -0.3 is 14.8 Å². The van der Waals surface area contributed by atoms with Crippen LogP contribution in [-0.4, -0.2) is 35.2 Å². The Balaban J connectivity index is 1.66. The van der Waals surface area contributed by atoms with Crippen molar-refractivity contribution < 1.29 is 14.3 Å². The minimum atomic E-state index is -0.203. The maximum absolute atomic E-state index is 12.2. The van der Waals surface area contributed by atoms with Crippen LogP contribution in [0.5, 0.6) is 5.88 Å². The van der Waals surface area contributed by atoms with Gasteiger partial charge in [0.25, 0.3) is 5.91 Å². The number of hydrogen-bond donors (Lipinski definition) is 1. The van der Waals surface area contributed by atoms with Gasteiger partial charge >= 0.3 is 0 Å². The third kappa shape index (κ3) is 3.79. The van der Waals surface area contributed by atoms with Crippen LogP contribution in [0.4, 0.5) is 5.69 Å². The Morgan fingerprint density at radius 3 is 2.73 bits per heavy atom. The molecule has 0 unspecified atom stereocenters. The molecule has 0 atom stereocenters. The Labute approximate surface area is 128 Å². The summed E-state index contributed by atoms with van der Waals surface area (Å²) in [6.07, 6.45) is 6.61. The van der Waals surface area contributed by atoms with Gasteiger partial charge in [-0.05, 0) is 18.2 Å². The normalized spacial score (nSPS) is 15.3. The molecule has 0 saturated carbocycles. The van der Waals surface area contributed by atoms with Crippen LogP contribution in [0.2, 0.25) is 0 Å². The van der Waals surface area contributed by atoms with Crippen LogP contribution in [-0.2, 0) is 4.74 Å². The Morgan fingerprint density at radius 2 is 1.95 bits per heavy atom. The van der Waals surface area contributed by atoms with E-state index in [-0.39, 0.29) is 12.0 Å². The van der Waals surface area contributed by atoms with E-state index >= 15 is 0 Å². The molecule has 0 aliphatic carbocycles. The summed E-state index contributed by atoms with van der Waals surface area (Å²) >= 11 is 0. The summed E-state index contributed by atoms with van der Waals surface area (Å²) in [6, 6.07) is 6.79. The van der Waals surface area contributed by atoms with E-state index in [1.807, 2.05) is 0 Å². The third-order valence-electron chi connectivity index (χ3n) is 3.39. The van der Waals surface area contributed by atoms with Gasteiger partial charge in [-0.15, -0.1) is 0 Å². The fourth-order valence-electron chi connectivity index (χ4n) is 2.22. The largest absolute Gasteiger partial charge is 0.474 e. The Hall–Kier alpha value is -2.47. The maximum atomic E-state index is 12.2. The molecule has 3 rings (SSSR count). The quantitative estimate of drug-likeness (QED) is 0.937. The lowest BCUT2D eigenvalue weighted by atomic mass is 10.1. The van der Waals surface area contributed by atoms with Crippen LogP contribution in [0.1, 0.15) is 23.2 Å². The molecule has 0 spiro atoms. The average Bonchev–Trinajstić information content (AvgIpc) is 2.57. The predicted molar refractivity (Wildman–Crippen MR) is 80.9 cm³/mol. The van der Waals surface area contributed by atoms with Crippen molar-refractivity contribution in [3.8, 4) is 5.88 Å². The molecule has 3 heterocycles. The minimum Gasteiger partial charge on any atom is -0.474 e. The fourth-order valence-corrected chi connectivity index (χ4v) is 2.22. The van der Waals surface area contributed by atoms with Crippen molar-refractivity contribution in [3.05, 3.63) is 48.4 Å². The van der Waals surface area contributed by atoms with Crippen molar-refractivity contribution in [2.24, 2.45) is 0 Å². The minimum absolute atomic E-state index is 0.0970. The van der Waals surface area contributed by atoms with Crippen molar-refractivity contribution in [2.45, 2.75) is 18.9 Å². The van der Waals surface area contributed by atoms with E-state index in [2.05, 4.69) is 15.3 Å². The highest BCUT2D eigenvalue weighted by atomic mass is 16.5. The SMILES string of the molecule is O=C(Nc1ccncc1)c1ccnc(OC2CCOCC2)c1. The number of pyridine rings is 2. The smallest absolute Gasteiger partial charge is 0.255 e. The molecule has 114 valence electrons. The highest BCUT2D eigenvalue weighted by Gasteiger charge is 2.16. The average molecular weight is 299 g/mol. The van der Waals surface area contributed by atoms with E-state index in [0.29, 0.717) is 30.3 Å². The Bertz CT molecular complexity index is 628. The number of carbonyl (C=O) groups is 1. The van der Waals surface area contributed by atoms with Gasteiger partial charge in [0.15, 0.2) is 0 Å². The number of hydrogen-bond acceptors (Lipinski definition) is 5. The zero-order chi connectivity index (χ0) is 15.2. The van der Waals surface area contributed by atoms with Crippen molar-refractivity contribution in [2.75, 3.05) is 18.5 Å². The lowest BCUT2D eigenvalue weighted by molar-refractivity contribution is 0.0237. The highest BCUT2D eigenvalue weighted by Crippen LogP contribution is 2.17. The molecule has 6 heteroatoms. The Kier molecular flexibility index (Phi) is 4.60. The number of ether oxygens (including phenoxy) is 2. The summed E-state index contributed by atoms with van der Waals surface area (Å²) in [6.45, 7) is 1.40. The molecule has 2 aromatic rings. The second-order valence-electron chi connectivity index (χ2n) is 5.00. The summed E-state index contributed by atoms with van der Waals surface area (Å²) < 4.78 is 11.1. The molecule has 1 N–H and O–H groups in total. The zero-order valence-electron chi connectivity index (χ0n) is 12.1. The van der Waals surface area contributed by atoms with Crippen LogP contribution in [0, 0.1) is 0 Å². The van der Waals surface area contributed by atoms with E-state index in [1.165, 1.54) is 0 Å². The molecule has 6 nitrogen and oxygen atoms in total. The first-order valence-electron chi connectivity index (χ1n) is 7.23. The summed E-state index contributed by atoms with van der Waals surface area (Å²) in [4.78, 5) is 20.3. The van der Waals surface area contributed by atoms with Crippen LogP contribution < -0.4 is 10.1 Å². The van der Waals surface area contributed by atoms with Gasteiger partial charge in [0.2, 0.25) is 5.88 Å². The molecule has 1 amide bonds.